The van der Waals surface area contributed by atoms with E-state index in [2.05, 4.69) is 4.90 Å². The van der Waals surface area contributed by atoms with Crippen LogP contribution in [0.4, 0.5) is 5.13 Å². The summed E-state index contributed by atoms with van der Waals surface area (Å²) in [4.78, 5) is 22.0. The van der Waals surface area contributed by atoms with Crippen molar-refractivity contribution in [1.29, 1.82) is 0 Å². The molecule has 0 aliphatic carbocycles. The highest BCUT2D eigenvalue weighted by Crippen LogP contribution is 2.33. The van der Waals surface area contributed by atoms with Gasteiger partial charge in [-0.25, -0.2) is 4.98 Å². The van der Waals surface area contributed by atoms with Crippen LogP contribution in [0.1, 0.15) is 27.0 Å². The fraction of sp³-hybridized carbons (Fsp3) is 0.333. The lowest BCUT2D eigenvalue weighted by Crippen LogP contribution is -2.37. The number of hydrogen-bond donors (Lipinski definition) is 0. The first-order valence-corrected chi connectivity index (χ1v) is 10.1. The second-order valence-electron chi connectivity index (χ2n) is 7.14. The molecule has 0 N–H and O–H groups in total. The van der Waals surface area contributed by atoms with Crippen LogP contribution in [0.2, 0.25) is 5.02 Å². The number of fused-ring (bicyclic) bond motifs is 1. The Morgan fingerprint density at radius 1 is 1.07 bits per heavy atom. The van der Waals surface area contributed by atoms with E-state index in [1.807, 2.05) is 65.2 Å². The number of halogens is 1. The normalized spacial score (nSPS) is 11.4. The molecule has 0 fully saturated rings. The molecule has 0 radical (unpaired) electrons. The van der Waals surface area contributed by atoms with Gasteiger partial charge in [-0.15, -0.1) is 0 Å². The number of nitrogens with zero attached hydrogens (tertiary/aromatic N) is 3. The predicted molar refractivity (Wildman–Crippen MR) is 116 cm³/mol. The number of amides is 1. The summed E-state index contributed by atoms with van der Waals surface area (Å²) in [5.74, 6) is -0.0131. The quantitative estimate of drug-likeness (QED) is 0.597. The zero-order valence-corrected chi connectivity index (χ0v) is 17.9. The van der Waals surface area contributed by atoms with Crippen LogP contribution < -0.4 is 4.90 Å². The van der Waals surface area contributed by atoms with Crippen LogP contribution in [0.5, 0.6) is 0 Å². The van der Waals surface area contributed by atoms with E-state index in [0.717, 1.165) is 39.0 Å². The summed E-state index contributed by atoms with van der Waals surface area (Å²) in [6, 6.07) is 9.80. The average molecular weight is 402 g/mol. The molecule has 6 heteroatoms. The summed E-state index contributed by atoms with van der Waals surface area (Å²) in [5, 5.41) is 1.40. The number of benzene rings is 2. The maximum atomic E-state index is 13.4. The lowest BCUT2D eigenvalue weighted by molar-refractivity contribution is 0.0984. The third-order valence-electron chi connectivity index (χ3n) is 4.51. The Morgan fingerprint density at radius 3 is 2.52 bits per heavy atom. The molecule has 4 nitrogen and oxygen atoms in total. The van der Waals surface area contributed by atoms with Crippen molar-refractivity contribution in [2.75, 3.05) is 32.1 Å². The summed E-state index contributed by atoms with van der Waals surface area (Å²) in [5.41, 5.74) is 4.70. The Hall–Kier alpha value is -1.95. The third-order valence-corrected chi connectivity index (χ3v) is 5.75. The molecular weight excluding hydrogens is 378 g/mol. The van der Waals surface area contributed by atoms with Crippen molar-refractivity contribution in [3.05, 3.63) is 57.6 Å². The van der Waals surface area contributed by atoms with Crippen molar-refractivity contribution in [3.63, 3.8) is 0 Å². The molecule has 0 spiro atoms. The Balaban J connectivity index is 2.07. The fourth-order valence-electron chi connectivity index (χ4n) is 2.95. The van der Waals surface area contributed by atoms with Gasteiger partial charge in [-0.2, -0.15) is 0 Å². The maximum Gasteiger partial charge on any atom is 0.260 e. The molecule has 0 unspecified atom stereocenters. The lowest BCUT2D eigenvalue weighted by atomic mass is 10.0. The number of anilines is 1. The number of carbonyl (C=O) groups is 1. The first-order valence-electron chi connectivity index (χ1n) is 8.87. The van der Waals surface area contributed by atoms with E-state index in [4.69, 9.17) is 16.6 Å². The third kappa shape index (κ3) is 4.32. The van der Waals surface area contributed by atoms with E-state index >= 15 is 0 Å². The molecule has 3 aromatic rings. The number of aromatic nitrogens is 1. The molecule has 27 heavy (non-hydrogen) atoms. The van der Waals surface area contributed by atoms with E-state index < -0.39 is 0 Å². The van der Waals surface area contributed by atoms with E-state index in [9.17, 15) is 4.79 Å². The Kier molecular flexibility index (Phi) is 5.84. The van der Waals surface area contributed by atoms with Gasteiger partial charge in [0.2, 0.25) is 0 Å². The fourth-order valence-corrected chi connectivity index (χ4v) is 4.40. The minimum absolute atomic E-state index is 0.0131. The zero-order valence-electron chi connectivity index (χ0n) is 16.3. The van der Waals surface area contributed by atoms with Gasteiger partial charge in [0.05, 0.1) is 10.2 Å². The van der Waals surface area contributed by atoms with Crippen molar-refractivity contribution in [3.8, 4) is 0 Å². The highest BCUT2D eigenvalue weighted by atomic mass is 35.5. The second kappa shape index (κ2) is 7.97. The summed E-state index contributed by atoms with van der Waals surface area (Å²) >= 11 is 7.71. The van der Waals surface area contributed by atoms with Crippen LogP contribution in [0.15, 0.2) is 30.3 Å². The molecule has 3 rings (SSSR count). The number of hydrogen-bond acceptors (Lipinski definition) is 4. The minimum Gasteiger partial charge on any atom is -0.308 e. The zero-order chi connectivity index (χ0) is 19.7. The molecule has 0 aliphatic heterocycles. The molecule has 2 aromatic carbocycles. The van der Waals surface area contributed by atoms with Crippen LogP contribution in [-0.4, -0.2) is 43.0 Å². The van der Waals surface area contributed by atoms with Crippen molar-refractivity contribution >= 4 is 44.2 Å². The second-order valence-corrected chi connectivity index (χ2v) is 8.59. The predicted octanol–water partition coefficient (Wildman–Crippen LogP) is 5.08. The van der Waals surface area contributed by atoms with Gasteiger partial charge in [0.15, 0.2) is 5.13 Å². The van der Waals surface area contributed by atoms with Gasteiger partial charge < -0.3 is 4.90 Å². The SMILES string of the molecule is Cc1ccc(C)c(C(=O)N(CCN(C)C)c2nc3c(C)cc(Cl)cc3s2)c1. The van der Waals surface area contributed by atoms with Crippen molar-refractivity contribution in [2.45, 2.75) is 20.8 Å². The number of thiazole rings is 1. The van der Waals surface area contributed by atoms with Crippen molar-refractivity contribution in [2.24, 2.45) is 0 Å². The van der Waals surface area contributed by atoms with Crippen LogP contribution >= 0.6 is 22.9 Å². The van der Waals surface area contributed by atoms with Crippen molar-refractivity contribution < 1.29 is 4.79 Å². The minimum atomic E-state index is -0.0131. The molecule has 0 saturated heterocycles. The molecule has 0 saturated carbocycles. The van der Waals surface area contributed by atoms with Gasteiger partial charge in [0.25, 0.3) is 5.91 Å². The average Bonchev–Trinajstić information content (AvgIpc) is 3.00. The van der Waals surface area contributed by atoms with Gasteiger partial charge in [-0.3, -0.25) is 9.69 Å². The van der Waals surface area contributed by atoms with E-state index in [-0.39, 0.29) is 5.91 Å². The highest BCUT2D eigenvalue weighted by Gasteiger charge is 2.23. The Morgan fingerprint density at radius 2 is 1.81 bits per heavy atom. The van der Waals surface area contributed by atoms with E-state index in [1.54, 1.807) is 4.90 Å². The van der Waals surface area contributed by atoms with Gasteiger partial charge >= 0.3 is 0 Å². The van der Waals surface area contributed by atoms with E-state index in [1.165, 1.54) is 11.3 Å². The van der Waals surface area contributed by atoms with E-state index in [0.29, 0.717) is 16.7 Å². The standard InChI is InChI=1S/C21H24ClN3OS/c1-13-6-7-14(2)17(10-13)20(26)25(9-8-24(4)5)21-23-19-15(3)11-16(22)12-18(19)27-21/h6-7,10-12H,8-9H2,1-5H3. The van der Waals surface area contributed by atoms with Crippen LogP contribution in [-0.2, 0) is 0 Å². The maximum absolute atomic E-state index is 13.4. The summed E-state index contributed by atoms with van der Waals surface area (Å²) in [6.07, 6.45) is 0. The van der Waals surface area contributed by atoms with Crippen LogP contribution in [0, 0.1) is 20.8 Å². The topological polar surface area (TPSA) is 36.4 Å². The summed E-state index contributed by atoms with van der Waals surface area (Å²) in [6.45, 7) is 7.30. The smallest absolute Gasteiger partial charge is 0.260 e. The Labute approximate surface area is 169 Å². The molecule has 1 heterocycles. The van der Waals surface area contributed by atoms with Crippen LogP contribution in [0.3, 0.4) is 0 Å². The van der Waals surface area contributed by atoms with Gasteiger partial charge in [0, 0.05) is 23.7 Å². The number of likely N-dealkylation sites (N-methyl/N-ethyl adjacent to an activating group) is 1. The van der Waals surface area contributed by atoms with Gasteiger partial charge in [-0.1, -0.05) is 40.6 Å². The molecular formula is C21H24ClN3OS. The number of carbonyl (C=O) groups excluding carboxylic acids is 1. The monoisotopic (exact) mass is 401 g/mol. The first-order chi connectivity index (χ1) is 12.8. The van der Waals surface area contributed by atoms with Crippen molar-refractivity contribution in [1.82, 2.24) is 9.88 Å². The summed E-state index contributed by atoms with van der Waals surface area (Å²) in [7, 11) is 4.01. The molecule has 0 aliphatic rings. The summed E-state index contributed by atoms with van der Waals surface area (Å²) < 4.78 is 0.999. The molecule has 0 atom stereocenters. The van der Waals surface area contributed by atoms with Crippen LogP contribution in [0.25, 0.3) is 10.2 Å². The molecule has 1 amide bonds. The molecule has 0 bridgehead atoms. The van der Waals surface area contributed by atoms with Gasteiger partial charge in [0.1, 0.15) is 0 Å². The first kappa shape index (κ1) is 19.8. The lowest BCUT2D eigenvalue weighted by Gasteiger charge is -2.23. The largest absolute Gasteiger partial charge is 0.308 e. The Bertz CT molecular complexity index is 997. The molecule has 142 valence electrons. The highest BCUT2D eigenvalue weighted by molar-refractivity contribution is 7.22. The molecule has 1 aromatic heterocycles. The number of rotatable bonds is 5. The van der Waals surface area contributed by atoms with Gasteiger partial charge in [-0.05, 0) is 64.2 Å². The number of aryl methyl sites for hydroxylation is 3.